The summed E-state index contributed by atoms with van der Waals surface area (Å²) in [5.74, 6) is -0.296. The highest BCUT2D eigenvalue weighted by Gasteiger charge is 2.32. The normalized spacial score (nSPS) is 15.6. The van der Waals surface area contributed by atoms with Crippen LogP contribution in [0, 0.1) is 5.82 Å². The van der Waals surface area contributed by atoms with Gasteiger partial charge in [-0.1, -0.05) is 54.6 Å². The summed E-state index contributed by atoms with van der Waals surface area (Å²) in [5.41, 5.74) is 4.81. The quantitative estimate of drug-likeness (QED) is 0.446. The molecule has 0 fully saturated rings. The van der Waals surface area contributed by atoms with Gasteiger partial charge in [-0.05, 0) is 53.1 Å². The zero-order chi connectivity index (χ0) is 20.5. The number of nitrogens with zero attached hydrogens (tertiary/aromatic N) is 2. The van der Waals surface area contributed by atoms with Crippen LogP contribution in [0.2, 0.25) is 0 Å². The summed E-state index contributed by atoms with van der Waals surface area (Å²) in [5, 5.41) is 0. The first-order valence-electron chi connectivity index (χ1n) is 10.1. The van der Waals surface area contributed by atoms with Gasteiger partial charge in [-0.25, -0.2) is 4.39 Å². The van der Waals surface area contributed by atoms with Crippen LogP contribution in [0.1, 0.15) is 27.7 Å². The molecule has 0 spiro atoms. The van der Waals surface area contributed by atoms with Crippen LogP contribution < -0.4 is 0 Å². The van der Waals surface area contributed by atoms with E-state index >= 15 is 0 Å². The maximum Gasteiger partial charge on any atom is 0.254 e. The topological polar surface area (TPSA) is 25.2 Å². The third-order valence-corrected chi connectivity index (χ3v) is 5.72. The van der Waals surface area contributed by atoms with E-state index in [-0.39, 0.29) is 17.8 Å². The Bertz CT molecular complexity index is 1160. The highest BCUT2D eigenvalue weighted by molar-refractivity contribution is 5.95. The summed E-state index contributed by atoms with van der Waals surface area (Å²) in [6.45, 7) is 1.34. The molecule has 0 saturated carbocycles. The Hall–Kier alpha value is -3.66. The number of rotatable bonds is 3. The van der Waals surface area contributed by atoms with Gasteiger partial charge in [0.1, 0.15) is 5.82 Å². The van der Waals surface area contributed by atoms with Crippen LogP contribution in [0.3, 0.4) is 0 Å². The molecule has 1 amide bonds. The van der Waals surface area contributed by atoms with Crippen LogP contribution in [0.15, 0.2) is 97.2 Å². The van der Waals surface area contributed by atoms with Gasteiger partial charge < -0.3 is 9.47 Å². The molecule has 0 radical (unpaired) electrons. The van der Waals surface area contributed by atoms with Crippen LogP contribution >= 0.6 is 0 Å². The number of carbonyl (C=O) groups is 1. The van der Waals surface area contributed by atoms with Crippen molar-refractivity contribution in [1.29, 1.82) is 0 Å². The van der Waals surface area contributed by atoms with Crippen molar-refractivity contribution in [3.63, 3.8) is 0 Å². The maximum absolute atomic E-state index is 13.5. The van der Waals surface area contributed by atoms with Crippen molar-refractivity contribution >= 4 is 5.91 Å². The van der Waals surface area contributed by atoms with Crippen molar-refractivity contribution in [1.82, 2.24) is 9.47 Å². The van der Waals surface area contributed by atoms with Gasteiger partial charge in [-0.15, -0.1) is 0 Å². The molecule has 2 heterocycles. The van der Waals surface area contributed by atoms with Crippen LogP contribution in [0.4, 0.5) is 4.39 Å². The van der Waals surface area contributed by atoms with E-state index in [9.17, 15) is 9.18 Å². The highest BCUT2D eigenvalue weighted by atomic mass is 19.1. The van der Waals surface area contributed by atoms with E-state index in [1.165, 1.54) is 12.1 Å². The maximum atomic E-state index is 13.5. The van der Waals surface area contributed by atoms with Crippen molar-refractivity contribution in [2.75, 3.05) is 6.54 Å². The summed E-state index contributed by atoms with van der Waals surface area (Å²) in [4.78, 5) is 15.4. The number of hydrogen-bond acceptors (Lipinski definition) is 1. The van der Waals surface area contributed by atoms with Gasteiger partial charge in [0.05, 0.1) is 6.04 Å². The van der Waals surface area contributed by atoms with Gasteiger partial charge in [0, 0.05) is 30.5 Å². The lowest BCUT2D eigenvalue weighted by Crippen LogP contribution is -2.42. The summed E-state index contributed by atoms with van der Waals surface area (Å²) in [6.07, 6.45) is 2.03. The smallest absolute Gasteiger partial charge is 0.254 e. The number of carbonyl (C=O) groups excluding carboxylic acids is 1. The predicted octanol–water partition coefficient (Wildman–Crippen LogP) is 5.54. The molecule has 148 valence electrons. The Morgan fingerprint density at radius 1 is 0.767 bits per heavy atom. The summed E-state index contributed by atoms with van der Waals surface area (Å²) in [6, 6.07) is 28.1. The minimum atomic E-state index is -0.278. The molecule has 0 saturated heterocycles. The first-order chi connectivity index (χ1) is 14.7. The Labute approximate surface area is 175 Å². The zero-order valence-electron chi connectivity index (χ0n) is 16.4. The lowest BCUT2D eigenvalue weighted by molar-refractivity contribution is 0.0664. The Balaban J connectivity index is 1.48. The number of halogens is 1. The second-order valence-corrected chi connectivity index (χ2v) is 7.52. The minimum absolute atomic E-state index is 0.0172. The van der Waals surface area contributed by atoms with Crippen LogP contribution in [0.25, 0.3) is 11.1 Å². The fourth-order valence-corrected chi connectivity index (χ4v) is 4.20. The summed E-state index contributed by atoms with van der Waals surface area (Å²) < 4.78 is 15.7. The number of amides is 1. The molecule has 0 bridgehead atoms. The number of benzene rings is 3. The first-order valence-corrected chi connectivity index (χ1v) is 10.1. The van der Waals surface area contributed by atoms with Gasteiger partial charge >= 0.3 is 0 Å². The lowest BCUT2D eigenvalue weighted by Gasteiger charge is -2.37. The number of fused-ring (bicyclic) bond motifs is 1. The number of hydrogen-bond donors (Lipinski definition) is 0. The van der Waals surface area contributed by atoms with Crippen molar-refractivity contribution < 1.29 is 9.18 Å². The molecule has 3 nitrogen and oxygen atoms in total. The molecular formula is C26H21FN2O. The number of aromatic nitrogens is 1. The molecule has 4 heteroatoms. The molecule has 5 rings (SSSR count). The minimum Gasteiger partial charge on any atom is -0.348 e. The van der Waals surface area contributed by atoms with E-state index in [2.05, 4.69) is 16.7 Å². The molecule has 1 aliphatic rings. The van der Waals surface area contributed by atoms with Gasteiger partial charge in [-0.3, -0.25) is 4.79 Å². The van der Waals surface area contributed by atoms with E-state index in [1.54, 1.807) is 12.1 Å². The molecular weight excluding hydrogens is 375 g/mol. The summed E-state index contributed by atoms with van der Waals surface area (Å²) >= 11 is 0. The van der Waals surface area contributed by atoms with E-state index in [0.717, 1.165) is 28.9 Å². The van der Waals surface area contributed by atoms with Crippen molar-refractivity contribution in [3.05, 3.63) is 120 Å². The molecule has 1 aliphatic heterocycles. The molecule has 0 aliphatic carbocycles. The fraction of sp³-hybridized carbons (Fsp3) is 0.115. The van der Waals surface area contributed by atoms with Crippen LogP contribution in [-0.4, -0.2) is 21.9 Å². The second kappa shape index (κ2) is 7.64. The SMILES string of the molecule is O=C(c1ccc(-c2ccccc2)cc1)N1CCn2cccc2[C@@H]1c1ccc(F)cc1. The Kier molecular flexibility index (Phi) is 4.68. The van der Waals surface area contributed by atoms with E-state index < -0.39 is 0 Å². The molecule has 0 N–H and O–H groups in total. The van der Waals surface area contributed by atoms with E-state index in [1.807, 2.05) is 65.7 Å². The highest BCUT2D eigenvalue weighted by Crippen LogP contribution is 2.34. The van der Waals surface area contributed by atoms with Crippen molar-refractivity contribution in [2.45, 2.75) is 12.6 Å². The molecule has 3 aromatic carbocycles. The van der Waals surface area contributed by atoms with Gasteiger partial charge in [0.15, 0.2) is 0 Å². The second-order valence-electron chi connectivity index (χ2n) is 7.52. The standard InChI is InChI=1S/C26H21FN2O/c27-23-14-12-21(13-15-23)25-24-7-4-16-28(24)17-18-29(25)26(30)22-10-8-20(9-11-22)19-5-2-1-3-6-19/h1-16,25H,17-18H2/t25-/m0/s1. The molecule has 0 unspecified atom stereocenters. The Morgan fingerprint density at radius 3 is 2.20 bits per heavy atom. The third kappa shape index (κ3) is 3.30. The van der Waals surface area contributed by atoms with Gasteiger partial charge in [0.2, 0.25) is 0 Å². The van der Waals surface area contributed by atoms with Gasteiger partial charge in [0.25, 0.3) is 5.91 Å². The Morgan fingerprint density at radius 2 is 1.47 bits per heavy atom. The average molecular weight is 396 g/mol. The van der Waals surface area contributed by atoms with Crippen LogP contribution in [-0.2, 0) is 6.54 Å². The summed E-state index contributed by atoms with van der Waals surface area (Å²) in [7, 11) is 0. The van der Waals surface area contributed by atoms with E-state index in [0.29, 0.717) is 12.1 Å². The monoisotopic (exact) mass is 396 g/mol. The molecule has 1 atom stereocenters. The molecule has 4 aromatic rings. The lowest BCUT2D eigenvalue weighted by atomic mass is 9.98. The van der Waals surface area contributed by atoms with E-state index in [4.69, 9.17) is 0 Å². The van der Waals surface area contributed by atoms with Crippen LogP contribution in [0.5, 0.6) is 0 Å². The molecule has 30 heavy (non-hydrogen) atoms. The fourth-order valence-electron chi connectivity index (χ4n) is 4.20. The van der Waals surface area contributed by atoms with Crippen molar-refractivity contribution in [2.24, 2.45) is 0 Å². The largest absolute Gasteiger partial charge is 0.348 e. The molecule has 1 aromatic heterocycles. The average Bonchev–Trinajstić information content (AvgIpc) is 3.28. The van der Waals surface area contributed by atoms with Crippen molar-refractivity contribution in [3.8, 4) is 11.1 Å². The van der Waals surface area contributed by atoms with Gasteiger partial charge in [-0.2, -0.15) is 0 Å². The zero-order valence-corrected chi connectivity index (χ0v) is 16.4. The first kappa shape index (κ1) is 18.4. The third-order valence-electron chi connectivity index (χ3n) is 5.72. The predicted molar refractivity (Wildman–Crippen MR) is 116 cm³/mol.